The Morgan fingerprint density at radius 2 is 0.511 bits per heavy atom. The highest BCUT2D eigenvalue weighted by Crippen LogP contribution is 2.45. The van der Waals surface area contributed by atoms with E-state index in [0.29, 0.717) is 25.7 Å². The highest BCUT2D eigenvalue weighted by Gasteiger charge is 2.30. The normalized spacial score (nSPS) is 14.6. The number of ether oxygens (including phenoxy) is 4. The summed E-state index contributed by atoms with van der Waals surface area (Å²) in [5.41, 5.74) is 0. The van der Waals surface area contributed by atoms with E-state index >= 15 is 0 Å². The molecule has 0 aromatic heterocycles. The first-order valence-corrected chi connectivity index (χ1v) is 42.1. The summed E-state index contributed by atoms with van der Waals surface area (Å²) in [4.78, 5) is 72.8. The Bertz CT molecular complexity index is 1820. The minimum Gasteiger partial charge on any atom is -0.462 e. The van der Waals surface area contributed by atoms with Crippen molar-refractivity contribution in [1.29, 1.82) is 0 Å². The highest BCUT2D eigenvalue weighted by molar-refractivity contribution is 7.47. The number of hydrogen-bond acceptors (Lipinski definition) is 15. The number of hydrogen-bond donors (Lipinski definition) is 3. The fraction of sp³-hybridized carbons (Fsp3) is 0.947. The number of phosphoric ester groups is 2. The largest absolute Gasteiger partial charge is 0.472 e. The second-order valence-corrected chi connectivity index (χ2v) is 30.4. The summed E-state index contributed by atoms with van der Waals surface area (Å²) in [6.07, 6.45) is 53.8. The molecule has 94 heavy (non-hydrogen) atoms. The van der Waals surface area contributed by atoms with Crippen LogP contribution in [0.15, 0.2) is 0 Å². The maximum Gasteiger partial charge on any atom is 0.472 e. The quantitative estimate of drug-likeness (QED) is 0.0222. The zero-order chi connectivity index (χ0) is 69.3. The Morgan fingerprint density at radius 3 is 0.755 bits per heavy atom. The van der Waals surface area contributed by atoms with Crippen LogP contribution in [0.25, 0.3) is 0 Å². The molecular weight excluding hydrogens is 1230 g/mol. The summed E-state index contributed by atoms with van der Waals surface area (Å²) >= 11 is 0. The molecule has 0 aliphatic carbocycles. The monoisotopic (exact) mass is 1380 g/mol. The third-order valence-corrected chi connectivity index (χ3v) is 20.1. The van der Waals surface area contributed by atoms with E-state index in [9.17, 15) is 43.2 Å². The number of aliphatic hydroxyl groups is 1. The predicted molar refractivity (Wildman–Crippen MR) is 381 cm³/mol. The van der Waals surface area contributed by atoms with Crippen LogP contribution in [0.4, 0.5) is 0 Å². The van der Waals surface area contributed by atoms with Gasteiger partial charge in [-0.1, -0.05) is 337 Å². The zero-order valence-corrected chi connectivity index (χ0v) is 63.1. The van der Waals surface area contributed by atoms with Crippen molar-refractivity contribution in [3.05, 3.63) is 0 Å². The van der Waals surface area contributed by atoms with Crippen molar-refractivity contribution in [2.45, 2.75) is 407 Å². The van der Waals surface area contributed by atoms with Crippen molar-refractivity contribution in [2.75, 3.05) is 39.6 Å². The summed E-state index contributed by atoms with van der Waals surface area (Å²) < 4.78 is 68.5. The maximum atomic E-state index is 13.1. The number of carbonyl (C=O) groups is 4. The van der Waals surface area contributed by atoms with Gasteiger partial charge >= 0.3 is 39.5 Å². The summed E-state index contributed by atoms with van der Waals surface area (Å²) in [6, 6.07) is 0. The maximum absolute atomic E-state index is 13.1. The molecule has 0 fully saturated rings. The van der Waals surface area contributed by atoms with E-state index < -0.39 is 97.5 Å². The first-order valence-electron chi connectivity index (χ1n) is 39.1. The Morgan fingerprint density at radius 1 is 0.298 bits per heavy atom. The molecule has 0 bridgehead atoms. The van der Waals surface area contributed by atoms with E-state index in [4.69, 9.17) is 37.0 Å². The molecule has 0 saturated carbocycles. The number of carbonyl (C=O) groups excluding carboxylic acids is 4. The summed E-state index contributed by atoms with van der Waals surface area (Å²) in [7, 11) is -9.91. The Kier molecular flexibility index (Phi) is 65.5. The van der Waals surface area contributed by atoms with Gasteiger partial charge in [-0.15, -0.1) is 0 Å². The van der Waals surface area contributed by atoms with Crippen LogP contribution >= 0.6 is 15.6 Å². The lowest BCUT2D eigenvalue weighted by Crippen LogP contribution is -2.30. The molecule has 17 nitrogen and oxygen atoms in total. The molecule has 0 amide bonds. The van der Waals surface area contributed by atoms with Gasteiger partial charge in [0.1, 0.15) is 19.3 Å². The van der Waals surface area contributed by atoms with E-state index in [-0.39, 0.29) is 25.7 Å². The van der Waals surface area contributed by atoms with Gasteiger partial charge in [-0.05, 0) is 37.5 Å². The molecule has 0 aromatic rings. The van der Waals surface area contributed by atoms with Crippen LogP contribution < -0.4 is 0 Å². The molecule has 0 rings (SSSR count). The lowest BCUT2D eigenvalue weighted by Gasteiger charge is -2.21. The van der Waals surface area contributed by atoms with Crippen molar-refractivity contribution in [2.24, 2.45) is 11.8 Å². The summed E-state index contributed by atoms with van der Waals surface area (Å²) in [5.74, 6) is -0.537. The first kappa shape index (κ1) is 92.1. The third kappa shape index (κ3) is 66.0. The number of esters is 4. The first-order chi connectivity index (χ1) is 45.4. The Balaban J connectivity index is 5.27. The van der Waals surface area contributed by atoms with Gasteiger partial charge in [0.25, 0.3) is 0 Å². The number of aliphatic hydroxyl groups excluding tert-OH is 1. The van der Waals surface area contributed by atoms with E-state index in [0.717, 1.165) is 102 Å². The molecule has 19 heteroatoms. The molecule has 558 valence electrons. The van der Waals surface area contributed by atoms with Gasteiger partial charge < -0.3 is 33.8 Å². The molecule has 0 saturated heterocycles. The predicted octanol–water partition coefficient (Wildman–Crippen LogP) is 21.9. The Labute approximate surface area is 575 Å². The van der Waals surface area contributed by atoms with Gasteiger partial charge in [-0.2, -0.15) is 0 Å². The van der Waals surface area contributed by atoms with E-state index in [2.05, 4.69) is 41.5 Å². The van der Waals surface area contributed by atoms with Crippen LogP contribution in [0, 0.1) is 11.8 Å². The minimum atomic E-state index is -4.96. The van der Waals surface area contributed by atoms with Gasteiger partial charge in [-0.25, -0.2) is 9.13 Å². The number of unbranched alkanes of at least 4 members (excludes halogenated alkanes) is 42. The molecule has 0 heterocycles. The van der Waals surface area contributed by atoms with Gasteiger partial charge in [0.05, 0.1) is 26.4 Å². The lowest BCUT2D eigenvalue weighted by molar-refractivity contribution is -0.161. The molecule has 0 radical (unpaired) electrons. The molecule has 0 aromatic carbocycles. The minimum absolute atomic E-state index is 0.105. The average Bonchev–Trinajstić information content (AvgIpc) is 1.32. The highest BCUT2D eigenvalue weighted by atomic mass is 31.2. The summed E-state index contributed by atoms with van der Waals surface area (Å²) in [6.45, 7) is 9.62. The number of rotatable bonds is 74. The van der Waals surface area contributed by atoms with Gasteiger partial charge in [0.15, 0.2) is 12.2 Å². The van der Waals surface area contributed by atoms with Crippen molar-refractivity contribution in [1.82, 2.24) is 0 Å². The summed E-state index contributed by atoms with van der Waals surface area (Å²) in [5, 5.41) is 10.6. The van der Waals surface area contributed by atoms with Crippen LogP contribution in [0.2, 0.25) is 0 Å². The molecule has 7 atom stereocenters. The van der Waals surface area contributed by atoms with Crippen LogP contribution in [-0.2, 0) is 65.4 Å². The topological polar surface area (TPSA) is 237 Å². The van der Waals surface area contributed by atoms with Crippen LogP contribution in [-0.4, -0.2) is 96.7 Å². The van der Waals surface area contributed by atoms with Gasteiger partial charge in [0.2, 0.25) is 0 Å². The SMILES string of the molecule is CCCCCCCCCCCCCCCCCCC(=O)O[C@H](COC(=O)CCCCCCCCCCCCC(C)CC)COP(=O)(O)OC[C@@H](O)COP(=O)(O)OC[C@@H](COC(=O)CCCCCCCCCCCCCC)OC(=O)CCCCCCCCCCC(C)CC. The molecular formula is C75H146O17P2. The van der Waals surface area contributed by atoms with Crippen LogP contribution in [0.3, 0.4) is 0 Å². The van der Waals surface area contributed by atoms with E-state index in [1.165, 1.54) is 205 Å². The lowest BCUT2D eigenvalue weighted by atomic mass is 9.99. The fourth-order valence-corrected chi connectivity index (χ4v) is 13.0. The molecule has 0 aliphatic rings. The van der Waals surface area contributed by atoms with Gasteiger partial charge in [-0.3, -0.25) is 37.3 Å². The standard InChI is InChI=1S/C75H146O17P2/c1-7-11-13-15-17-19-21-23-24-25-26-28-34-41-47-53-59-74(79)91-70(63-86-73(78)58-52-46-40-33-30-29-31-37-43-49-55-67(5)9-3)65-89-93(81,82)87-61-69(76)62-88-94(83,84)90-66-71(92-75(80)60-54-48-42-36-35-38-44-50-56-68(6)10-4)64-85-72(77)57-51-45-39-32-27-22-20-18-16-14-12-8-2/h67-71,76H,7-66H2,1-6H3,(H,81,82)(H,83,84)/t67?,68?,69-,70-,71-/m1/s1. The second-order valence-electron chi connectivity index (χ2n) is 27.5. The molecule has 0 spiro atoms. The van der Waals surface area contributed by atoms with Crippen molar-refractivity contribution >= 4 is 39.5 Å². The molecule has 3 N–H and O–H groups in total. The van der Waals surface area contributed by atoms with E-state index in [1.807, 2.05) is 0 Å². The zero-order valence-electron chi connectivity index (χ0n) is 61.3. The van der Waals surface area contributed by atoms with Crippen LogP contribution in [0.5, 0.6) is 0 Å². The number of phosphoric acid groups is 2. The molecule has 0 aliphatic heterocycles. The van der Waals surface area contributed by atoms with E-state index in [1.54, 1.807) is 0 Å². The van der Waals surface area contributed by atoms with Crippen molar-refractivity contribution in [3.63, 3.8) is 0 Å². The Hall–Kier alpha value is -1.94. The van der Waals surface area contributed by atoms with Crippen LogP contribution in [0.1, 0.15) is 388 Å². The smallest absolute Gasteiger partial charge is 0.462 e. The molecule has 4 unspecified atom stereocenters. The second kappa shape index (κ2) is 66.9. The van der Waals surface area contributed by atoms with Crippen molar-refractivity contribution in [3.8, 4) is 0 Å². The van der Waals surface area contributed by atoms with Gasteiger partial charge in [0, 0.05) is 25.7 Å². The average molecular weight is 1380 g/mol. The third-order valence-electron chi connectivity index (χ3n) is 18.2. The fourth-order valence-electron chi connectivity index (χ4n) is 11.4. The van der Waals surface area contributed by atoms with Crippen molar-refractivity contribution < 1.29 is 80.2 Å².